The van der Waals surface area contributed by atoms with Crippen LogP contribution in [-0.4, -0.2) is 24.5 Å². The van der Waals surface area contributed by atoms with Gasteiger partial charge in [-0.25, -0.2) is 9.67 Å². The number of hydrogen-bond acceptors (Lipinski definition) is 3. The van der Waals surface area contributed by atoms with E-state index in [-0.39, 0.29) is 5.41 Å². The van der Waals surface area contributed by atoms with Gasteiger partial charge in [-0.2, -0.15) is 10.2 Å². The Bertz CT molecular complexity index is 907. The molecule has 142 valence electrons. The van der Waals surface area contributed by atoms with Crippen molar-refractivity contribution in [1.29, 1.82) is 0 Å². The molecule has 3 aromatic rings. The molecule has 5 nitrogen and oxygen atoms in total. The van der Waals surface area contributed by atoms with Gasteiger partial charge < -0.3 is 0 Å². The predicted octanol–water partition coefficient (Wildman–Crippen LogP) is 5.22. The maximum absolute atomic E-state index is 4.88. The lowest BCUT2D eigenvalue weighted by atomic mass is 9.90. The van der Waals surface area contributed by atoms with Gasteiger partial charge in [-0.1, -0.05) is 48.5 Å². The molecule has 26 heavy (non-hydrogen) atoms. The summed E-state index contributed by atoms with van der Waals surface area (Å²) in [5.74, 6) is 0.451. The Labute approximate surface area is 157 Å². The first-order valence-electron chi connectivity index (χ1n) is 9.51. The van der Waals surface area contributed by atoms with E-state index in [4.69, 9.17) is 10.1 Å². The summed E-state index contributed by atoms with van der Waals surface area (Å²) in [6.45, 7) is 19.2. The first-order chi connectivity index (χ1) is 12.1. The Morgan fingerprint density at radius 3 is 2.15 bits per heavy atom. The Morgan fingerprint density at radius 2 is 1.65 bits per heavy atom. The van der Waals surface area contributed by atoms with Gasteiger partial charge in [0.25, 0.3) is 0 Å². The fraction of sp³-hybridized carbons (Fsp3) is 0.571. The normalized spacial score (nSPS) is 11.8. The number of fused-ring (bicyclic) bond motifs is 1. The predicted molar refractivity (Wildman–Crippen MR) is 109 cm³/mol. The zero-order chi connectivity index (χ0) is 19.8. The molecule has 0 aliphatic carbocycles. The molecule has 0 unspecified atom stereocenters. The molecule has 0 spiro atoms. The summed E-state index contributed by atoms with van der Waals surface area (Å²) in [4.78, 5) is 4.88. The van der Waals surface area contributed by atoms with Crippen LogP contribution in [0.4, 0.5) is 0 Å². The molecule has 5 heteroatoms. The van der Waals surface area contributed by atoms with Gasteiger partial charge in [0.15, 0.2) is 5.65 Å². The monoisotopic (exact) mass is 355 g/mol. The molecule has 0 saturated heterocycles. The number of aryl methyl sites for hydroxylation is 2. The Morgan fingerprint density at radius 1 is 1.04 bits per heavy atom. The zero-order valence-electron chi connectivity index (χ0n) is 18.0. The zero-order valence-corrected chi connectivity index (χ0v) is 18.0. The second kappa shape index (κ2) is 7.22. The van der Waals surface area contributed by atoms with Crippen LogP contribution in [0, 0.1) is 13.8 Å². The van der Waals surface area contributed by atoms with Crippen molar-refractivity contribution < 1.29 is 0 Å². The van der Waals surface area contributed by atoms with E-state index in [1.807, 2.05) is 31.8 Å². The molecule has 3 heterocycles. The average Bonchev–Trinajstić information content (AvgIpc) is 3.05. The molecule has 0 bridgehead atoms. The van der Waals surface area contributed by atoms with Crippen molar-refractivity contribution in [2.45, 2.75) is 73.6 Å². The van der Waals surface area contributed by atoms with Crippen LogP contribution in [0.25, 0.3) is 16.7 Å². The molecule has 0 fully saturated rings. The van der Waals surface area contributed by atoms with Gasteiger partial charge in [0.05, 0.1) is 17.1 Å². The van der Waals surface area contributed by atoms with E-state index in [2.05, 4.69) is 64.3 Å². The van der Waals surface area contributed by atoms with Crippen molar-refractivity contribution in [3.05, 3.63) is 34.9 Å². The smallest absolute Gasteiger partial charge is 0.181 e. The third-order valence-corrected chi connectivity index (χ3v) is 4.45. The van der Waals surface area contributed by atoms with Gasteiger partial charge in [0, 0.05) is 29.7 Å². The first kappa shape index (κ1) is 20.1. The van der Waals surface area contributed by atoms with Crippen LogP contribution in [0.3, 0.4) is 0 Å². The van der Waals surface area contributed by atoms with E-state index in [1.54, 1.807) is 0 Å². The molecule has 0 aliphatic rings. The molecule has 3 rings (SSSR count). The van der Waals surface area contributed by atoms with Gasteiger partial charge in [-0.15, -0.1) is 0 Å². The van der Waals surface area contributed by atoms with Crippen LogP contribution in [0.15, 0.2) is 12.3 Å². The van der Waals surface area contributed by atoms with Crippen LogP contribution in [0.5, 0.6) is 0 Å². The van der Waals surface area contributed by atoms with E-state index in [9.17, 15) is 0 Å². The van der Waals surface area contributed by atoms with Gasteiger partial charge in [-0.05, 0) is 31.4 Å². The fourth-order valence-electron chi connectivity index (χ4n) is 3.50. The Kier molecular flexibility index (Phi) is 5.59. The SMILES string of the molecule is CC.Cc1nn(-c2cc3cn(C)nc3nc2C(C)(C)C)c(C)c1C(C)C. The van der Waals surface area contributed by atoms with Crippen LogP contribution < -0.4 is 0 Å². The largest absolute Gasteiger partial charge is 0.273 e. The van der Waals surface area contributed by atoms with Gasteiger partial charge in [-0.3, -0.25) is 4.68 Å². The maximum atomic E-state index is 4.88. The fourth-order valence-corrected chi connectivity index (χ4v) is 3.50. The van der Waals surface area contributed by atoms with Crippen molar-refractivity contribution in [3.8, 4) is 5.69 Å². The highest BCUT2D eigenvalue weighted by molar-refractivity contribution is 5.77. The minimum Gasteiger partial charge on any atom is -0.273 e. The van der Waals surface area contributed by atoms with Gasteiger partial charge in [0.1, 0.15) is 0 Å². The standard InChI is InChI=1S/C19H27N5.C2H6/c1-11(2)16-12(3)21-24(13(16)4)15-9-14-10-23(8)22-18(14)20-17(15)19(5,6)7;1-2/h9-11H,1-8H3;1-2H3. The van der Waals surface area contributed by atoms with E-state index < -0.39 is 0 Å². The molecular formula is C21H33N5. The summed E-state index contributed by atoms with van der Waals surface area (Å²) >= 11 is 0. The number of hydrogen-bond donors (Lipinski definition) is 0. The van der Waals surface area contributed by atoms with Gasteiger partial charge in [0.2, 0.25) is 0 Å². The lowest BCUT2D eigenvalue weighted by molar-refractivity contribution is 0.562. The van der Waals surface area contributed by atoms with Crippen molar-refractivity contribution in [2.24, 2.45) is 7.05 Å². The van der Waals surface area contributed by atoms with Gasteiger partial charge >= 0.3 is 0 Å². The number of aromatic nitrogens is 5. The third kappa shape index (κ3) is 3.53. The van der Waals surface area contributed by atoms with Crippen molar-refractivity contribution in [2.75, 3.05) is 0 Å². The molecule has 0 radical (unpaired) electrons. The molecule has 0 amide bonds. The topological polar surface area (TPSA) is 48.5 Å². The highest BCUT2D eigenvalue weighted by atomic mass is 15.3. The van der Waals surface area contributed by atoms with Crippen molar-refractivity contribution in [1.82, 2.24) is 24.5 Å². The van der Waals surface area contributed by atoms with E-state index in [1.165, 1.54) is 11.3 Å². The Hall–Kier alpha value is -2.17. The summed E-state index contributed by atoms with van der Waals surface area (Å²) in [5.41, 5.74) is 6.38. The molecule has 3 aromatic heterocycles. The maximum Gasteiger partial charge on any atom is 0.181 e. The lowest BCUT2D eigenvalue weighted by Gasteiger charge is -2.22. The molecule has 0 saturated carbocycles. The van der Waals surface area contributed by atoms with Crippen LogP contribution in [0.1, 0.15) is 77.0 Å². The summed E-state index contributed by atoms with van der Waals surface area (Å²) < 4.78 is 3.87. The second-order valence-corrected chi connectivity index (χ2v) is 7.97. The van der Waals surface area contributed by atoms with Crippen molar-refractivity contribution >= 4 is 11.0 Å². The highest BCUT2D eigenvalue weighted by Crippen LogP contribution is 2.32. The molecule has 0 N–H and O–H groups in total. The number of nitrogens with zero attached hydrogens (tertiary/aromatic N) is 5. The minimum atomic E-state index is -0.0919. The number of pyridine rings is 1. The summed E-state index contributed by atoms with van der Waals surface area (Å²) in [5, 5.41) is 10.4. The molecule has 0 atom stereocenters. The summed E-state index contributed by atoms with van der Waals surface area (Å²) in [6, 6.07) is 2.17. The van der Waals surface area contributed by atoms with E-state index in [0.717, 1.165) is 28.1 Å². The first-order valence-corrected chi connectivity index (χ1v) is 9.51. The average molecular weight is 356 g/mol. The van der Waals surface area contributed by atoms with Crippen LogP contribution >= 0.6 is 0 Å². The molecule has 0 aliphatic heterocycles. The minimum absolute atomic E-state index is 0.0919. The summed E-state index contributed by atoms with van der Waals surface area (Å²) in [7, 11) is 1.93. The Balaban J connectivity index is 0.00000117. The second-order valence-electron chi connectivity index (χ2n) is 7.97. The van der Waals surface area contributed by atoms with E-state index >= 15 is 0 Å². The molecule has 0 aromatic carbocycles. The summed E-state index contributed by atoms with van der Waals surface area (Å²) in [6.07, 6.45) is 2.01. The highest BCUT2D eigenvalue weighted by Gasteiger charge is 2.25. The lowest BCUT2D eigenvalue weighted by Crippen LogP contribution is -2.18. The van der Waals surface area contributed by atoms with Crippen LogP contribution in [-0.2, 0) is 12.5 Å². The quantitative estimate of drug-likeness (QED) is 0.633. The molecular weight excluding hydrogens is 322 g/mol. The van der Waals surface area contributed by atoms with Crippen LogP contribution in [0.2, 0.25) is 0 Å². The van der Waals surface area contributed by atoms with Crippen molar-refractivity contribution in [3.63, 3.8) is 0 Å². The third-order valence-electron chi connectivity index (χ3n) is 4.45. The van der Waals surface area contributed by atoms with E-state index in [0.29, 0.717) is 5.92 Å². The number of rotatable bonds is 2.